The molecule has 0 radical (unpaired) electrons. The smallest absolute Gasteiger partial charge is 0.226 e. The Morgan fingerprint density at radius 1 is 1.23 bits per heavy atom. The first-order chi connectivity index (χ1) is 10.8. The van der Waals surface area contributed by atoms with E-state index >= 15 is 0 Å². The van der Waals surface area contributed by atoms with Crippen molar-refractivity contribution in [3.63, 3.8) is 0 Å². The van der Waals surface area contributed by atoms with Crippen molar-refractivity contribution in [3.05, 3.63) is 45.8 Å². The molecule has 0 aliphatic heterocycles. The van der Waals surface area contributed by atoms with Gasteiger partial charge in [0.15, 0.2) is 0 Å². The third-order valence-electron chi connectivity index (χ3n) is 3.04. The number of rotatable bonds is 7. The highest BCUT2D eigenvalue weighted by Crippen LogP contribution is 2.21. The van der Waals surface area contributed by atoms with Crippen molar-refractivity contribution < 1.29 is 9.32 Å². The summed E-state index contributed by atoms with van der Waals surface area (Å²) in [4.78, 5) is 18.2. The molecule has 0 aliphatic rings. The molecule has 0 saturated carbocycles. The maximum Gasteiger partial charge on any atom is 0.226 e. The van der Waals surface area contributed by atoms with Crippen molar-refractivity contribution in [3.8, 4) is 10.7 Å². The monoisotopic (exact) mass is 333 g/mol. The minimum absolute atomic E-state index is 0.0476. The molecule has 0 aromatic carbocycles. The Labute approximate surface area is 136 Å². The zero-order chi connectivity index (χ0) is 15.2. The van der Waals surface area contributed by atoms with E-state index in [1.54, 1.807) is 22.7 Å². The Balaban J connectivity index is 1.40. The lowest BCUT2D eigenvalue weighted by Gasteiger charge is -2.02. The second-order valence-electron chi connectivity index (χ2n) is 4.70. The zero-order valence-corrected chi connectivity index (χ0v) is 13.5. The van der Waals surface area contributed by atoms with E-state index in [1.165, 1.54) is 0 Å². The highest BCUT2D eigenvalue weighted by Gasteiger charge is 2.10. The van der Waals surface area contributed by atoms with Crippen LogP contribution in [0.5, 0.6) is 0 Å². The summed E-state index contributed by atoms with van der Waals surface area (Å²) in [6.45, 7) is 0.597. The first-order valence-corrected chi connectivity index (χ1v) is 8.73. The van der Waals surface area contributed by atoms with E-state index in [0.717, 1.165) is 9.75 Å². The summed E-state index contributed by atoms with van der Waals surface area (Å²) in [5, 5.41) is 10.8. The number of hydrogen-bond donors (Lipinski definition) is 1. The maximum atomic E-state index is 11.7. The molecule has 0 bridgehead atoms. The van der Waals surface area contributed by atoms with Crippen LogP contribution in [0.15, 0.2) is 39.5 Å². The van der Waals surface area contributed by atoms with Gasteiger partial charge in [0.1, 0.15) is 0 Å². The zero-order valence-electron chi connectivity index (χ0n) is 11.8. The molecular formula is C15H15N3O2S2. The van der Waals surface area contributed by atoms with Gasteiger partial charge >= 0.3 is 0 Å². The van der Waals surface area contributed by atoms with Crippen LogP contribution in [0.4, 0.5) is 0 Å². The molecule has 1 N–H and O–H groups in total. The van der Waals surface area contributed by atoms with Gasteiger partial charge in [0.2, 0.25) is 17.6 Å². The number of nitrogens with zero attached hydrogens (tertiary/aromatic N) is 2. The van der Waals surface area contributed by atoms with Gasteiger partial charge in [0, 0.05) is 17.7 Å². The quantitative estimate of drug-likeness (QED) is 0.718. The summed E-state index contributed by atoms with van der Waals surface area (Å²) in [7, 11) is 0. The Kier molecular flexibility index (Phi) is 4.97. The molecule has 1 amide bonds. The Bertz CT molecular complexity index is 705. The van der Waals surface area contributed by atoms with E-state index in [2.05, 4.69) is 15.5 Å². The van der Waals surface area contributed by atoms with Crippen LogP contribution in [0.1, 0.15) is 23.6 Å². The molecule has 22 heavy (non-hydrogen) atoms. The molecule has 3 heterocycles. The highest BCUT2D eigenvalue weighted by atomic mass is 32.1. The number of aromatic nitrogens is 2. The van der Waals surface area contributed by atoms with Crippen LogP contribution in [-0.2, 0) is 17.8 Å². The van der Waals surface area contributed by atoms with Crippen molar-refractivity contribution in [2.24, 2.45) is 0 Å². The number of thiophene rings is 2. The topological polar surface area (TPSA) is 68.0 Å². The second-order valence-corrected chi connectivity index (χ2v) is 6.68. The Hall–Kier alpha value is -1.99. The fraction of sp³-hybridized carbons (Fsp3) is 0.267. The molecule has 3 aromatic heterocycles. The maximum absolute atomic E-state index is 11.7. The SMILES string of the molecule is O=C(CCCc1nc(-c2cccs2)no1)NCc1cccs1. The summed E-state index contributed by atoms with van der Waals surface area (Å²) >= 11 is 3.22. The van der Waals surface area contributed by atoms with E-state index in [-0.39, 0.29) is 5.91 Å². The summed E-state index contributed by atoms with van der Waals surface area (Å²) in [6, 6.07) is 7.90. The minimum atomic E-state index is 0.0476. The van der Waals surface area contributed by atoms with E-state index in [4.69, 9.17) is 4.52 Å². The molecule has 3 rings (SSSR count). The number of nitrogens with one attached hydrogen (secondary N) is 1. The molecule has 0 unspecified atom stereocenters. The van der Waals surface area contributed by atoms with Crippen LogP contribution in [0, 0.1) is 0 Å². The summed E-state index contributed by atoms with van der Waals surface area (Å²) < 4.78 is 5.20. The third-order valence-corrected chi connectivity index (χ3v) is 4.79. The van der Waals surface area contributed by atoms with Gasteiger partial charge in [-0.1, -0.05) is 17.3 Å². The van der Waals surface area contributed by atoms with E-state index in [9.17, 15) is 4.79 Å². The van der Waals surface area contributed by atoms with E-state index < -0.39 is 0 Å². The van der Waals surface area contributed by atoms with Gasteiger partial charge in [-0.2, -0.15) is 4.98 Å². The summed E-state index contributed by atoms with van der Waals surface area (Å²) in [6.07, 6.45) is 1.77. The molecule has 7 heteroatoms. The minimum Gasteiger partial charge on any atom is -0.351 e. The van der Waals surface area contributed by atoms with Crippen molar-refractivity contribution in [1.82, 2.24) is 15.5 Å². The molecule has 0 saturated heterocycles. The molecule has 0 fully saturated rings. The molecule has 0 spiro atoms. The number of hydrogen-bond acceptors (Lipinski definition) is 6. The lowest BCUT2D eigenvalue weighted by Crippen LogP contribution is -2.21. The van der Waals surface area contributed by atoms with Crippen LogP contribution < -0.4 is 5.32 Å². The number of carbonyl (C=O) groups excluding carboxylic acids is 1. The Morgan fingerprint density at radius 2 is 2.09 bits per heavy atom. The van der Waals surface area contributed by atoms with Gasteiger partial charge in [-0.25, -0.2) is 0 Å². The van der Waals surface area contributed by atoms with Gasteiger partial charge in [-0.3, -0.25) is 4.79 Å². The third kappa shape index (κ3) is 4.02. The van der Waals surface area contributed by atoms with Crippen molar-refractivity contribution >= 4 is 28.6 Å². The van der Waals surface area contributed by atoms with Gasteiger partial charge in [-0.05, 0) is 29.3 Å². The van der Waals surface area contributed by atoms with Gasteiger partial charge in [-0.15, -0.1) is 22.7 Å². The van der Waals surface area contributed by atoms with Gasteiger partial charge < -0.3 is 9.84 Å². The molecule has 0 atom stereocenters. The predicted molar refractivity (Wildman–Crippen MR) is 86.7 cm³/mol. The average Bonchev–Trinajstić information content (AvgIpc) is 3.26. The summed E-state index contributed by atoms with van der Waals surface area (Å²) in [5.74, 6) is 1.24. The van der Waals surface area contributed by atoms with Crippen LogP contribution >= 0.6 is 22.7 Å². The number of aryl methyl sites for hydroxylation is 1. The molecule has 5 nitrogen and oxygen atoms in total. The van der Waals surface area contributed by atoms with Crippen molar-refractivity contribution in [1.29, 1.82) is 0 Å². The van der Waals surface area contributed by atoms with Crippen LogP contribution in [-0.4, -0.2) is 16.0 Å². The normalized spacial score (nSPS) is 10.7. The average molecular weight is 333 g/mol. The fourth-order valence-corrected chi connectivity index (χ4v) is 3.24. The molecule has 0 aliphatic carbocycles. The van der Waals surface area contributed by atoms with Crippen molar-refractivity contribution in [2.75, 3.05) is 0 Å². The number of amides is 1. The first-order valence-electron chi connectivity index (χ1n) is 6.97. The lowest BCUT2D eigenvalue weighted by molar-refractivity contribution is -0.121. The summed E-state index contributed by atoms with van der Waals surface area (Å²) in [5.41, 5.74) is 0. The molecule has 3 aromatic rings. The fourth-order valence-electron chi connectivity index (χ4n) is 1.95. The predicted octanol–water partition coefficient (Wildman–Crippen LogP) is 3.50. The lowest BCUT2D eigenvalue weighted by atomic mass is 10.2. The largest absolute Gasteiger partial charge is 0.351 e. The van der Waals surface area contributed by atoms with Gasteiger partial charge in [0.05, 0.1) is 11.4 Å². The van der Waals surface area contributed by atoms with Gasteiger partial charge in [0.25, 0.3) is 0 Å². The molecular weight excluding hydrogens is 318 g/mol. The highest BCUT2D eigenvalue weighted by molar-refractivity contribution is 7.13. The first kappa shape index (κ1) is 14.9. The van der Waals surface area contributed by atoms with E-state index in [1.807, 2.05) is 35.0 Å². The van der Waals surface area contributed by atoms with E-state index in [0.29, 0.717) is 37.5 Å². The molecule has 114 valence electrons. The van der Waals surface area contributed by atoms with Crippen LogP contribution in [0.25, 0.3) is 10.7 Å². The van der Waals surface area contributed by atoms with Crippen LogP contribution in [0.3, 0.4) is 0 Å². The van der Waals surface area contributed by atoms with Crippen molar-refractivity contribution in [2.45, 2.75) is 25.8 Å². The standard InChI is InChI=1S/C15H15N3O2S2/c19-13(16-10-11-4-2-8-21-11)6-1-7-14-17-15(18-20-14)12-5-3-9-22-12/h2-5,8-9H,1,6-7,10H2,(H,16,19). The Morgan fingerprint density at radius 3 is 2.86 bits per heavy atom. The second kappa shape index (κ2) is 7.33. The number of carbonyl (C=O) groups is 1. The van der Waals surface area contributed by atoms with Crippen LogP contribution in [0.2, 0.25) is 0 Å².